The first kappa shape index (κ1) is 29.2. The molecule has 9 heteroatoms. The molecule has 0 aliphatic carbocycles. The quantitative estimate of drug-likeness (QED) is 0.263. The maximum atomic E-state index is 14.0. The SMILES string of the molecule is Cc1ccc(Cl)cc1N1CCN(CCCNC(=O)C[C@@H]2C(=O)N(Cc3ccccc3)[C@H](C)c3nc4ccccc4n32)CC1. The highest BCUT2D eigenvalue weighted by atomic mass is 35.5. The van der Waals surface area contributed by atoms with Gasteiger partial charge in [-0.05, 0) is 62.2 Å². The summed E-state index contributed by atoms with van der Waals surface area (Å²) in [5.41, 5.74) is 5.24. The van der Waals surface area contributed by atoms with E-state index in [1.165, 1.54) is 11.3 Å². The van der Waals surface area contributed by atoms with Crippen molar-refractivity contribution in [2.75, 3.05) is 44.2 Å². The number of hydrogen-bond donors (Lipinski definition) is 1. The number of halogens is 1. The third-order valence-corrected chi connectivity index (χ3v) is 9.01. The van der Waals surface area contributed by atoms with Gasteiger partial charge in [-0.2, -0.15) is 0 Å². The van der Waals surface area contributed by atoms with Gasteiger partial charge in [-0.15, -0.1) is 0 Å². The Balaban J connectivity index is 1.06. The van der Waals surface area contributed by atoms with E-state index < -0.39 is 6.04 Å². The van der Waals surface area contributed by atoms with Crippen molar-refractivity contribution in [3.05, 3.63) is 94.8 Å². The second kappa shape index (κ2) is 12.8. The molecule has 0 saturated carbocycles. The normalized spacial score (nSPS) is 19.1. The van der Waals surface area contributed by atoms with Crippen LogP contribution in [0.3, 0.4) is 0 Å². The van der Waals surface area contributed by atoms with E-state index in [2.05, 4.69) is 34.2 Å². The zero-order valence-corrected chi connectivity index (χ0v) is 25.6. The van der Waals surface area contributed by atoms with Crippen LogP contribution < -0.4 is 10.2 Å². The van der Waals surface area contributed by atoms with Crippen LogP contribution in [0.5, 0.6) is 0 Å². The molecule has 0 unspecified atom stereocenters. The fourth-order valence-electron chi connectivity index (χ4n) is 6.40. The van der Waals surface area contributed by atoms with Crippen molar-refractivity contribution >= 4 is 40.1 Å². The number of nitrogens with zero attached hydrogens (tertiary/aromatic N) is 5. The Hall–Kier alpha value is -3.88. The number of piperazine rings is 1. The van der Waals surface area contributed by atoms with E-state index in [9.17, 15) is 9.59 Å². The molecule has 1 aromatic heterocycles. The Morgan fingerprint density at radius 2 is 1.74 bits per heavy atom. The van der Waals surface area contributed by atoms with Crippen molar-refractivity contribution in [2.24, 2.45) is 0 Å². The first-order valence-electron chi connectivity index (χ1n) is 15.2. The van der Waals surface area contributed by atoms with Gasteiger partial charge in [0.2, 0.25) is 11.8 Å². The number of aryl methyl sites for hydroxylation is 1. The molecule has 43 heavy (non-hydrogen) atoms. The van der Waals surface area contributed by atoms with Gasteiger partial charge in [-0.25, -0.2) is 4.98 Å². The number of amides is 2. The molecule has 6 rings (SSSR count). The number of carbonyl (C=O) groups is 2. The third-order valence-electron chi connectivity index (χ3n) is 8.78. The summed E-state index contributed by atoms with van der Waals surface area (Å²) in [6, 6.07) is 23.1. The minimum Gasteiger partial charge on any atom is -0.369 e. The maximum absolute atomic E-state index is 14.0. The molecule has 0 spiro atoms. The molecule has 8 nitrogen and oxygen atoms in total. The lowest BCUT2D eigenvalue weighted by Crippen LogP contribution is -2.47. The number of rotatable bonds is 9. The molecule has 0 radical (unpaired) electrons. The zero-order chi connectivity index (χ0) is 29.9. The average Bonchev–Trinajstić information content (AvgIpc) is 3.41. The van der Waals surface area contributed by atoms with Gasteiger partial charge < -0.3 is 19.7 Å². The number of para-hydroxylation sites is 2. The number of aromatic nitrogens is 2. The van der Waals surface area contributed by atoms with Crippen molar-refractivity contribution < 1.29 is 9.59 Å². The molecule has 4 aromatic rings. The van der Waals surface area contributed by atoms with Crippen molar-refractivity contribution in [3.8, 4) is 0 Å². The van der Waals surface area contributed by atoms with Crippen LogP contribution in [0.2, 0.25) is 5.02 Å². The molecule has 1 fully saturated rings. The summed E-state index contributed by atoms with van der Waals surface area (Å²) in [4.78, 5) is 38.8. The number of anilines is 1. The predicted octanol–water partition coefficient (Wildman–Crippen LogP) is 5.36. The monoisotopic (exact) mass is 598 g/mol. The summed E-state index contributed by atoms with van der Waals surface area (Å²) in [5, 5.41) is 3.86. The highest BCUT2D eigenvalue weighted by molar-refractivity contribution is 6.30. The maximum Gasteiger partial charge on any atom is 0.247 e. The molecule has 3 heterocycles. The average molecular weight is 599 g/mol. The topological polar surface area (TPSA) is 73.7 Å². The van der Waals surface area contributed by atoms with Crippen LogP contribution in [0.25, 0.3) is 11.0 Å². The zero-order valence-electron chi connectivity index (χ0n) is 24.9. The van der Waals surface area contributed by atoms with Gasteiger partial charge in [0.05, 0.1) is 23.5 Å². The van der Waals surface area contributed by atoms with Gasteiger partial charge in [0.1, 0.15) is 11.9 Å². The highest BCUT2D eigenvalue weighted by Gasteiger charge is 2.40. The lowest BCUT2D eigenvalue weighted by atomic mass is 10.0. The molecule has 224 valence electrons. The molecule has 2 aliphatic rings. The van der Waals surface area contributed by atoms with Crippen molar-refractivity contribution in [1.29, 1.82) is 0 Å². The summed E-state index contributed by atoms with van der Waals surface area (Å²) in [6.45, 7) is 9.98. The summed E-state index contributed by atoms with van der Waals surface area (Å²) < 4.78 is 1.99. The van der Waals surface area contributed by atoms with E-state index in [1.807, 2.05) is 77.1 Å². The molecular weight excluding hydrogens is 560 g/mol. The summed E-state index contributed by atoms with van der Waals surface area (Å²) in [7, 11) is 0. The minimum atomic E-state index is -0.634. The second-order valence-electron chi connectivity index (χ2n) is 11.6. The Morgan fingerprint density at radius 3 is 2.53 bits per heavy atom. The molecule has 2 amide bonds. The van der Waals surface area contributed by atoms with Crippen LogP contribution in [0.4, 0.5) is 5.69 Å². The van der Waals surface area contributed by atoms with Gasteiger partial charge in [-0.1, -0.05) is 60.1 Å². The van der Waals surface area contributed by atoms with Crippen molar-refractivity contribution in [2.45, 2.75) is 45.3 Å². The van der Waals surface area contributed by atoms with Crippen LogP contribution in [-0.4, -0.2) is 70.4 Å². The number of benzene rings is 3. The predicted molar refractivity (Wildman–Crippen MR) is 171 cm³/mol. The fraction of sp³-hybridized carbons (Fsp3) is 0.382. The molecule has 2 aliphatic heterocycles. The van der Waals surface area contributed by atoms with Crippen LogP contribution >= 0.6 is 11.6 Å². The standard InChI is InChI=1S/C34H39ClN6O2/c1-24-13-14-27(35)21-30(24)39-19-17-38(18-20-39)16-8-15-36-32(42)22-31-34(43)40(23-26-9-4-3-5-10-26)25(2)33-37-28-11-6-7-12-29(28)41(31)33/h3-7,9-14,21,25,31H,8,15-20,22-23H2,1-2H3,(H,36,42)/t25-,31-/m1/s1. The second-order valence-corrected chi connectivity index (χ2v) is 12.1. The van der Waals surface area contributed by atoms with Crippen LogP contribution in [0.15, 0.2) is 72.8 Å². The van der Waals surface area contributed by atoms with Gasteiger partial charge >= 0.3 is 0 Å². The number of fused-ring (bicyclic) bond motifs is 3. The molecule has 3 aromatic carbocycles. The third kappa shape index (κ3) is 6.26. The molecular formula is C34H39ClN6O2. The fourth-order valence-corrected chi connectivity index (χ4v) is 6.57. The molecule has 0 bridgehead atoms. The Morgan fingerprint density at radius 1 is 1.00 bits per heavy atom. The van der Waals surface area contributed by atoms with E-state index >= 15 is 0 Å². The first-order valence-corrected chi connectivity index (χ1v) is 15.6. The minimum absolute atomic E-state index is 0.0463. The van der Waals surface area contributed by atoms with Crippen LogP contribution in [0, 0.1) is 6.92 Å². The van der Waals surface area contributed by atoms with Crippen LogP contribution in [0.1, 0.15) is 48.8 Å². The van der Waals surface area contributed by atoms with Gasteiger partial charge in [-0.3, -0.25) is 14.5 Å². The number of imidazole rings is 1. The van der Waals surface area contributed by atoms with Crippen molar-refractivity contribution in [1.82, 2.24) is 24.7 Å². The van der Waals surface area contributed by atoms with Crippen LogP contribution in [-0.2, 0) is 16.1 Å². The smallest absolute Gasteiger partial charge is 0.247 e. The van der Waals surface area contributed by atoms with Gasteiger partial charge in [0.25, 0.3) is 0 Å². The van der Waals surface area contributed by atoms with Gasteiger partial charge in [0, 0.05) is 50.0 Å². The number of hydrogen-bond acceptors (Lipinski definition) is 5. The lowest BCUT2D eigenvalue weighted by Gasteiger charge is -2.38. The first-order chi connectivity index (χ1) is 20.9. The van der Waals surface area contributed by atoms with E-state index in [0.29, 0.717) is 13.1 Å². The summed E-state index contributed by atoms with van der Waals surface area (Å²) in [5.74, 6) is 0.661. The Bertz CT molecular complexity index is 1600. The Kier molecular flexibility index (Phi) is 8.68. The summed E-state index contributed by atoms with van der Waals surface area (Å²) in [6.07, 6.45) is 0.943. The Labute approximate surface area is 258 Å². The van der Waals surface area contributed by atoms with Gasteiger partial charge in [0.15, 0.2) is 0 Å². The largest absolute Gasteiger partial charge is 0.369 e. The van der Waals surface area contributed by atoms with Crippen molar-refractivity contribution in [3.63, 3.8) is 0 Å². The van der Waals surface area contributed by atoms with E-state index in [1.54, 1.807) is 0 Å². The number of nitrogens with one attached hydrogen (secondary N) is 1. The summed E-state index contributed by atoms with van der Waals surface area (Å²) >= 11 is 6.24. The van der Waals surface area contributed by atoms with E-state index in [-0.39, 0.29) is 24.3 Å². The lowest BCUT2D eigenvalue weighted by molar-refractivity contribution is -0.142. The molecule has 1 saturated heterocycles. The molecule has 1 N–H and O–H groups in total. The van der Waals surface area contributed by atoms with E-state index in [0.717, 1.165) is 66.6 Å². The number of carbonyl (C=O) groups excluding carboxylic acids is 2. The highest BCUT2D eigenvalue weighted by Crippen LogP contribution is 2.37. The molecule has 2 atom stereocenters. The van der Waals surface area contributed by atoms with E-state index in [4.69, 9.17) is 16.6 Å².